The Morgan fingerprint density at radius 3 is 2.00 bits per heavy atom. The standard InChI is InChI=1S/C22H44F3N5O/c1-9-17(5)15-18(16(3)4)19(26(6)10-2)29-11-13-30(14-12-29)21-28(8)27(7)20(31-21)22(23,24)25/h16-21H,9-15H2,1-8H3. The largest absolute Gasteiger partial charge is 0.429 e. The molecule has 0 aromatic rings. The Hall–Kier alpha value is -0.450. The number of piperazine rings is 1. The molecule has 6 nitrogen and oxygen atoms in total. The van der Waals surface area contributed by atoms with Crippen LogP contribution in [0.15, 0.2) is 0 Å². The van der Waals surface area contributed by atoms with Crippen molar-refractivity contribution in [3.05, 3.63) is 0 Å². The second-order valence-electron chi connectivity index (χ2n) is 9.72. The molecule has 0 bridgehead atoms. The molecule has 2 heterocycles. The van der Waals surface area contributed by atoms with Crippen molar-refractivity contribution < 1.29 is 17.9 Å². The molecule has 0 radical (unpaired) electrons. The van der Waals surface area contributed by atoms with E-state index >= 15 is 0 Å². The summed E-state index contributed by atoms with van der Waals surface area (Å²) in [6, 6.07) is 0. The van der Waals surface area contributed by atoms with Crippen LogP contribution in [0.5, 0.6) is 0 Å². The number of rotatable bonds is 9. The van der Waals surface area contributed by atoms with Gasteiger partial charge in [0, 0.05) is 40.3 Å². The van der Waals surface area contributed by atoms with E-state index in [4.69, 9.17) is 4.74 Å². The van der Waals surface area contributed by atoms with E-state index in [0.29, 0.717) is 37.0 Å². The van der Waals surface area contributed by atoms with Gasteiger partial charge in [0.2, 0.25) is 6.23 Å². The van der Waals surface area contributed by atoms with Crippen LogP contribution in [-0.2, 0) is 4.74 Å². The van der Waals surface area contributed by atoms with Gasteiger partial charge in [0.05, 0.1) is 6.17 Å². The fourth-order valence-electron chi connectivity index (χ4n) is 4.88. The smallest absolute Gasteiger partial charge is 0.319 e. The maximum atomic E-state index is 13.3. The number of hydrogen-bond acceptors (Lipinski definition) is 6. The van der Waals surface area contributed by atoms with Crippen LogP contribution < -0.4 is 0 Å². The van der Waals surface area contributed by atoms with E-state index in [1.165, 1.54) is 19.9 Å². The highest BCUT2D eigenvalue weighted by molar-refractivity contribution is 4.87. The molecule has 2 rings (SSSR count). The van der Waals surface area contributed by atoms with Gasteiger partial charge >= 0.3 is 6.18 Å². The molecule has 9 heteroatoms. The molecule has 0 aromatic carbocycles. The second-order valence-corrected chi connectivity index (χ2v) is 9.72. The number of nitrogens with zero attached hydrogens (tertiary/aromatic N) is 5. The first kappa shape index (κ1) is 26.8. The molecule has 0 spiro atoms. The zero-order valence-electron chi connectivity index (χ0n) is 20.7. The Labute approximate surface area is 187 Å². The summed E-state index contributed by atoms with van der Waals surface area (Å²) in [5.74, 6) is 1.80. The van der Waals surface area contributed by atoms with Crippen molar-refractivity contribution in [2.24, 2.45) is 17.8 Å². The van der Waals surface area contributed by atoms with Gasteiger partial charge in [-0.25, -0.2) is 10.0 Å². The van der Waals surface area contributed by atoms with Crippen molar-refractivity contribution in [3.8, 4) is 0 Å². The molecule has 2 saturated heterocycles. The first-order valence-electron chi connectivity index (χ1n) is 11.8. The third kappa shape index (κ3) is 6.32. The van der Waals surface area contributed by atoms with E-state index in [1.807, 2.05) is 4.90 Å². The third-order valence-electron chi connectivity index (χ3n) is 7.28. The molecule has 2 aliphatic heterocycles. The molecule has 0 aromatic heterocycles. The van der Waals surface area contributed by atoms with Crippen LogP contribution in [0, 0.1) is 17.8 Å². The average Bonchev–Trinajstić information content (AvgIpc) is 3.02. The minimum Gasteiger partial charge on any atom is -0.319 e. The highest BCUT2D eigenvalue weighted by atomic mass is 19.4. The minimum absolute atomic E-state index is 0.342. The van der Waals surface area contributed by atoms with Crippen LogP contribution in [-0.4, -0.2) is 104 Å². The van der Waals surface area contributed by atoms with Crippen LogP contribution in [0.2, 0.25) is 0 Å². The van der Waals surface area contributed by atoms with Gasteiger partial charge in [-0.2, -0.15) is 13.2 Å². The Balaban J connectivity index is 2.09. The van der Waals surface area contributed by atoms with Crippen LogP contribution in [0.3, 0.4) is 0 Å². The number of halogens is 3. The molecule has 0 aliphatic carbocycles. The molecule has 5 atom stereocenters. The van der Waals surface area contributed by atoms with Gasteiger partial charge in [0.15, 0.2) is 6.35 Å². The monoisotopic (exact) mass is 451 g/mol. The van der Waals surface area contributed by atoms with Crippen molar-refractivity contribution in [3.63, 3.8) is 0 Å². The summed E-state index contributed by atoms with van der Waals surface area (Å²) in [5.41, 5.74) is 0. The third-order valence-corrected chi connectivity index (χ3v) is 7.28. The summed E-state index contributed by atoms with van der Waals surface area (Å²) in [4.78, 5) is 7.00. The quantitative estimate of drug-likeness (QED) is 0.532. The second kappa shape index (κ2) is 11.1. The Kier molecular flexibility index (Phi) is 9.61. The van der Waals surface area contributed by atoms with E-state index in [0.717, 1.165) is 24.6 Å². The van der Waals surface area contributed by atoms with E-state index in [9.17, 15) is 13.2 Å². The summed E-state index contributed by atoms with van der Waals surface area (Å²) in [6.07, 6.45) is -4.26. The van der Waals surface area contributed by atoms with Gasteiger partial charge in [0.1, 0.15) is 0 Å². The van der Waals surface area contributed by atoms with Gasteiger partial charge in [-0.1, -0.05) is 41.0 Å². The molecule has 0 N–H and O–H groups in total. The van der Waals surface area contributed by atoms with Crippen LogP contribution in [0.25, 0.3) is 0 Å². The van der Waals surface area contributed by atoms with E-state index in [2.05, 4.69) is 51.5 Å². The Bertz CT molecular complexity index is 542. The molecule has 0 saturated carbocycles. The minimum atomic E-state index is -4.41. The lowest BCUT2D eigenvalue weighted by atomic mass is 9.82. The predicted octanol–water partition coefficient (Wildman–Crippen LogP) is 3.57. The first-order valence-corrected chi connectivity index (χ1v) is 11.8. The zero-order chi connectivity index (χ0) is 23.5. The lowest BCUT2D eigenvalue weighted by molar-refractivity contribution is -0.253. The topological polar surface area (TPSA) is 25.4 Å². The summed E-state index contributed by atoms with van der Waals surface area (Å²) in [5, 5.41) is 2.70. The molecule has 2 fully saturated rings. The fourth-order valence-corrected chi connectivity index (χ4v) is 4.88. The number of hydrogen-bond donors (Lipinski definition) is 0. The SMILES string of the molecule is CCC(C)CC(C(C)C)C(N(C)CC)N1CCN(C2OC(C(F)(F)F)N(C)N2C)CC1. The van der Waals surface area contributed by atoms with Gasteiger partial charge in [-0.05, 0) is 37.8 Å². The fraction of sp³-hybridized carbons (Fsp3) is 1.00. The maximum Gasteiger partial charge on any atom is 0.429 e. The van der Waals surface area contributed by atoms with Gasteiger partial charge < -0.3 is 4.74 Å². The van der Waals surface area contributed by atoms with E-state index in [1.54, 1.807) is 12.1 Å². The molecular weight excluding hydrogens is 407 g/mol. The molecule has 31 heavy (non-hydrogen) atoms. The molecule has 184 valence electrons. The highest BCUT2D eigenvalue weighted by Crippen LogP contribution is 2.34. The lowest BCUT2D eigenvalue weighted by Crippen LogP contribution is -2.61. The highest BCUT2D eigenvalue weighted by Gasteiger charge is 2.53. The van der Waals surface area contributed by atoms with Gasteiger partial charge in [-0.3, -0.25) is 14.7 Å². The van der Waals surface area contributed by atoms with Crippen LogP contribution >= 0.6 is 0 Å². The average molecular weight is 452 g/mol. The van der Waals surface area contributed by atoms with Crippen molar-refractivity contribution in [1.29, 1.82) is 0 Å². The lowest BCUT2D eigenvalue weighted by Gasteiger charge is -2.48. The maximum absolute atomic E-state index is 13.3. The predicted molar refractivity (Wildman–Crippen MR) is 118 cm³/mol. The number of ether oxygens (including phenoxy) is 1. The summed E-state index contributed by atoms with van der Waals surface area (Å²) in [6.45, 7) is 15.4. The van der Waals surface area contributed by atoms with E-state index in [-0.39, 0.29) is 0 Å². The van der Waals surface area contributed by atoms with Crippen molar-refractivity contribution >= 4 is 0 Å². The number of alkyl halides is 3. The van der Waals surface area contributed by atoms with Gasteiger partial charge in [-0.15, -0.1) is 0 Å². The zero-order valence-corrected chi connectivity index (χ0v) is 20.7. The van der Waals surface area contributed by atoms with Crippen molar-refractivity contribution in [2.75, 3.05) is 53.9 Å². The van der Waals surface area contributed by atoms with Gasteiger partial charge in [0.25, 0.3) is 0 Å². The van der Waals surface area contributed by atoms with Crippen LogP contribution in [0.1, 0.15) is 47.5 Å². The van der Waals surface area contributed by atoms with Crippen molar-refractivity contribution in [1.82, 2.24) is 24.7 Å². The Morgan fingerprint density at radius 1 is 1.00 bits per heavy atom. The molecule has 0 amide bonds. The molecule has 2 aliphatic rings. The van der Waals surface area contributed by atoms with E-state index < -0.39 is 18.8 Å². The molecule has 5 unspecified atom stereocenters. The summed E-state index contributed by atoms with van der Waals surface area (Å²) >= 11 is 0. The molecular formula is C22H44F3N5O. The van der Waals surface area contributed by atoms with Crippen LogP contribution in [0.4, 0.5) is 13.2 Å². The number of hydrazine groups is 1. The summed E-state index contributed by atoms with van der Waals surface area (Å²) < 4.78 is 45.3. The normalized spacial score (nSPS) is 28.5. The summed E-state index contributed by atoms with van der Waals surface area (Å²) in [7, 11) is 5.29. The first-order chi connectivity index (χ1) is 14.4. The van der Waals surface area contributed by atoms with Crippen molar-refractivity contribution in [2.45, 2.75) is 72.4 Å². The Morgan fingerprint density at radius 2 is 1.58 bits per heavy atom.